The number of benzene rings is 3. The lowest BCUT2D eigenvalue weighted by atomic mass is 9.60. The molecule has 4 rings (SSSR count). The standard InChI is InChI=1S/C41H51N5O6Si/c1-39(2,3)41(40(4,5)6,25-52-53(8)9)46-36(47)28-17-20-30(32(23-28)38(49)51-24-26-13-11-10-12-14-26)31-21-22-33(50-7)45-34(31)37(48)44-29-18-15-27(16-19-29)35(42)43/h10-23,53H,24-25H2,1-9H3,(H3,42,43)(H,44,48)(H,46,47). The van der Waals surface area contributed by atoms with Gasteiger partial charge in [-0.2, -0.15) is 0 Å². The summed E-state index contributed by atoms with van der Waals surface area (Å²) in [6.07, 6.45) is 0. The van der Waals surface area contributed by atoms with E-state index in [-0.39, 0.29) is 41.1 Å². The number of amidine groups is 1. The van der Waals surface area contributed by atoms with Crippen LogP contribution in [0.15, 0.2) is 84.9 Å². The van der Waals surface area contributed by atoms with Crippen molar-refractivity contribution in [3.63, 3.8) is 0 Å². The number of pyridine rings is 1. The van der Waals surface area contributed by atoms with E-state index >= 15 is 0 Å². The number of esters is 1. The van der Waals surface area contributed by atoms with Crippen LogP contribution in [-0.2, 0) is 15.8 Å². The number of rotatable bonds is 13. The number of carbonyl (C=O) groups excluding carboxylic acids is 3. The van der Waals surface area contributed by atoms with E-state index < -0.39 is 37.3 Å². The molecule has 0 unspecified atom stereocenters. The Bertz CT molecular complexity index is 1940. The molecule has 2 amide bonds. The second-order valence-electron chi connectivity index (χ2n) is 15.2. The van der Waals surface area contributed by atoms with E-state index in [4.69, 9.17) is 25.0 Å². The Morgan fingerprint density at radius 3 is 1.98 bits per heavy atom. The number of methoxy groups -OCH3 is 1. The smallest absolute Gasteiger partial charge is 0.339 e. The maximum absolute atomic E-state index is 14.3. The highest BCUT2D eigenvalue weighted by Gasteiger charge is 2.52. The van der Waals surface area contributed by atoms with Crippen molar-refractivity contribution in [1.82, 2.24) is 10.3 Å². The summed E-state index contributed by atoms with van der Waals surface area (Å²) in [6.45, 7) is 17.0. The van der Waals surface area contributed by atoms with Gasteiger partial charge in [-0.15, -0.1) is 0 Å². The van der Waals surface area contributed by atoms with Crippen LogP contribution >= 0.6 is 0 Å². The number of amides is 2. The van der Waals surface area contributed by atoms with Crippen LogP contribution in [0.1, 0.15) is 83.9 Å². The van der Waals surface area contributed by atoms with Gasteiger partial charge < -0.3 is 30.3 Å². The maximum Gasteiger partial charge on any atom is 0.339 e. The Morgan fingerprint density at radius 2 is 1.42 bits per heavy atom. The van der Waals surface area contributed by atoms with E-state index in [2.05, 4.69) is 70.3 Å². The predicted octanol–water partition coefficient (Wildman–Crippen LogP) is 7.21. The molecule has 1 aromatic heterocycles. The van der Waals surface area contributed by atoms with Gasteiger partial charge in [-0.05, 0) is 77.5 Å². The lowest BCUT2D eigenvalue weighted by Crippen LogP contribution is -2.67. The molecule has 12 heteroatoms. The monoisotopic (exact) mass is 737 g/mol. The van der Waals surface area contributed by atoms with Crippen LogP contribution in [0.2, 0.25) is 13.1 Å². The fourth-order valence-electron chi connectivity index (χ4n) is 6.29. The molecule has 0 fully saturated rings. The van der Waals surface area contributed by atoms with Gasteiger partial charge in [-0.3, -0.25) is 15.0 Å². The van der Waals surface area contributed by atoms with Gasteiger partial charge in [-0.25, -0.2) is 9.78 Å². The first-order chi connectivity index (χ1) is 24.9. The van der Waals surface area contributed by atoms with Crippen LogP contribution < -0.4 is 21.1 Å². The van der Waals surface area contributed by atoms with Crippen molar-refractivity contribution >= 4 is 38.3 Å². The molecule has 0 aliphatic rings. The highest BCUT2D eigenvalue weighted by molar-refractivity contribution is 6.48. The molecule has 0 atom stereocenters. The number of nitrogens with zero attached hydrogens (tertiary/aromatic N) is 1. The first-order valence-electron chi connectivity index (χ1n) is 17.5. The third-order valence-electron chi connectivity index (χ3n) is 9.27. The molecule has 0 radical (unpaired) electrons. The van der Waals surface area contributed by atoms with E-state index in [9.17, 15) is 14.4 Å². The van der Waals surface area contributed by atoms with Gasteiger partial charge in [0.05, 0.1) is 24.8 Å². The van der Waals surface area contributed by atoms with Gasteiger partial charge in [0.25, 0.3) is 11.8 Å². The number of hydrogen-bond acceptors (Lipinski definition) is 8. The number of anilines is 1. The number of aromatic nitrogens is 1. The van der Waals surface area contributed by atoms with Crippen LogP contribution in [0.5, 0.6) is 5.88 Å². The number of hydrogen-bond donors (Lipinski definition) is 4. The predicted molar refractivity (Wildman–Crippen MR) is 211 cm³/mol. The van der Waals surface area contributed by atoms with Crippen LogP contribution in [0, 0.1) is 16.2 Å². The minimum Gasteiger partial charge on any atom is -0.481 e. The van der Waals surface area contributed by atoms with Crippen molar-refractivity contribution in [3.05, 3.63) is 113 Å². The molecule has 0 aliphatic carbocycles. The van der Waals surface area contributed by atoms with E-state index in [1.807, 2.05) is 30.3 Å². The van der Waals surface area contributed by atoms with Crippen LogP contribution in [0.25, 0.3) is 11.1 Å². The van der Waals surface area contributed by atoms with Crippen molar-refractivity contribution in [2.45, 2.75) is 66.8 Å². The second kappa shape index (κ2) is 16.6. The molecule has 0 saturated heterocycles. The normalized spacial score (nSPS) is 11.9. The highest BCUT2D eigenvalue weighted by Crippen LogP contribution is 2.45. The summed E-state index contributed by atoms with van der Waals surface area (Å²) in [7, 11) is -0.0155. The van der Waals surface area contributed by atoms with Crippen LogP contribution in [-0.4, -0.2) is 56.9 Å². The van der Waals surface area contributed by atoms with Crippen LogP contribution in [0.4, 0.5) is 5.69 Å². The molecule has 11 nitrogen and oxygen atoms in total. The highest BCUT2D eigenvalue weighted by atomic mass is 28.3. The van der Waals surface area contributed by atoms with Crippen LogP contribution in [0.3, 0.4) is 0 Å². The first-order valence-corrected chi connectivity index (χ1v) is 20.3. The third kappa shape index (κ3) is 9.56. The third-order valence-corrected chi connectivity index (χ3v) is 10.1. The molecule has 1 heterocycles. The summed E-state index contributed by atoms with van der Waals surface area (Å²) in [6, 6.07) is 23.7. The molecule has 0 bridgehead atoms. The largest absolute Gasteiger partial charge is 0.481 e. The van der Waals surface area contributed by atoms with Gasteiger partial charge in [0.2, 0.25) is 5.88 Å². The fourth-order valence-corrected chi connectivity index (χ4v) is 6.87. The summed E-state index contributed by atoms with van der Waals surface area (Å²) in [5.74, 6) is -1.56. The molecule has 4 aromatic rings. The minimum absolute atomic E-state index is 0.00636. The Labute approximate surface area is 313 Å². The van der Waals surface area contributed by atoms with Crippen molar-refractivity contribution in [2.24, 2.45) is 16.6 Å². The van der Waals surface area contributed by atoms with Crippen molar-refractivity contribution in [2.75, 3.05) is 19.0 Å². The summed E-state index contributed by atoms with van der Waals surface area (Å²) in [4.78, 5) is 46.6. The zero-order chi connectivity index (χ0) is 39.1. The SMILES string of the molecule is COc1ccc(-c2ccc(C(=O)NC(CO[SiH](C)C)(C(C)(C)C)C(C)(C)C)cc2C(=O)OCc2ccccc2)c(C(=O)Nc2ccc(C(=N)N)cc2)n1. The first kappa shape index (κ1) is 40.4. The molecule has 0 aliphatic heterocycles. The molecular weight excluding hydrogens is 687 g/mol. The van der Waals surface area contributed by atoms with Crippen molar-refractivity contribution < 1.29 is 28.3 Å². The fraction of sp³-hybridized carbons (Fsp3) is 0.341. The minimum atomic E-state index is -1.45. The Balaban J connectivity index is 1.83. The van der Waals surface area contributed by atoms with E-state index in [0.29, 0.717) is 29.0 Å². The summed E-state index contributed by atoms with van der Waals surface area (Å²) in [5, 5.41) is 13.8. The molecule has 53 heavy (non-hydrogen) atoms. The number of nitrogens with one attached hydrogen (secondary N) is 3. The van der Waals surface area contributed by atoms with Crippen molar-refractivity contribution in [1.29, 1.82) is 5.41 Å². The van der Waals surface area contributed by atoms with E-state index in [1.165, 1.54) is 13.2 Å². The van der Waals surface area contributed by atoms with Gasteiger partial charge in [0, 0.05) is 28.4 Å². The Hall–Kier alpha value is -5.33. The molecule has 3 aromatic carbocycles. The Kier molecular flexibility index (Phi) is 12.6. The molecule has 280 valence electrons. The lowest BCUT2D eigenvalue weighted by molar-refractivity contribution is -0.0146. The maximum atomic E-state index is 14.3. The quantitative estimate of drug-likeness (QED) is 0.0484. The molecular formula is C41H51N5O6Si. The zero-order valence-corrected chi connectivity index (χ0v) is 33.2. The van der Waals surface area contributed by atoms with Gasteiger partial charge in [-0.1, -0.05) is 77.9 Å². The second-order valence-corrected chi connectivity index (χ2v) is 17.7. The molecule has 0 spiro atoms. The van der Waals surface area contributed by atoms with Gasteiger partial charge in [0.15, 0.2) is 9.04 Å². The number of nitrogens with two attached hydrogens (primary N) is 1. The average Bonchev–Trinajstić information content (AvgIpc) is 3.11. The summed E-state index contributed by atoms with van der Waals surface area (Å²) < 4.78 is 17.5. The molecule has 5 N–H and O–H groups in total. The number of ether oxygens (including phenoxy) is 2. The topological polar surface area (TPSA) is 166 Å². The average molecular weight is 738 g/mol. The lowest BCUT2D eigenvalue weighted by Gasteiger charge is -2.54. The van der Waals surface area contributed by atoms with E-state index in [0.717, 1.165) is 5.56 Å². The Morgan fingerprint density at radius 1 is 0.811 bits per heavy atom. The van der Waals surface area contributed by atoms with Gasteiger partial charge in [0.1, 0.15) is 18.1 Å². The zero-order valence-electron chi connectivity index (χ0n) is 32.0. The number of carbonyl (C=O) groups is 3. The summed E-state index contributed by atoms with van der Waals surface area (Å²) >= 11 is 0. The molecule has 0 saturated carbocycles. The van der Waals surface area contributed by atoms with Gasteiger partial charge >= 0.3 is 5.97 Å². The summed E-state index contributed by atoms with van der Waals surface area (Å²) in [5.41, 5.74) is 6.64. The number of nitrogen functional groups attached to an aromatic ring is 1. The van der Waals surface area contributed by atoms with Crippen molar-refractivity contribution in [3.8, 4) is 17.0 Å². The van der Waals surface area contributed by atoms with E-state index in [1.54, 1.807) is 48.5 Å².